The van der Waals surface area contributed by atoms with Crippen molar-refractivity contribution < 1.29 is 23.4 Å². The molecule has 5 heteroatoms. The molecule has 0 saturated carbocycles. The van der Waals surface area contributed by atoms with Crippen molar-refractivity contribution in [3.63, 3.8) is 0 Å². The minimum Gasteiger partial charge on any atom is -0.464 e. The highest BCUT2D eigenvalue weighted by Crippen LogP contribution is 2.23. The lowest BCUT2D eigenvalue weighted by Gasteiger charge is -2.22. The Bertz CT molecular complexity index is 260. The summed E-state index contributed by atoms with van der Waals surface area (Å²) in [5, 5.41) is 0. The van der Waals surface area contributed by atoms with Crippen molar-refractivity contribution in [1.82, 2.24) is 0 Å². The molecule has 0 bridgehead atoms. The van der Waals surface area contributed by atoms with E-state index in [2.05, 4.69) is 0 Å². The van der Waals surface area contributed by atoms with Crippen LogP contribution in [0.4, 0.5) is 0 Å². The lowest BCUT2D eigenvalue weighted by Crippen LogP contribution is -2.22. The molecule has 16 heavy (non-hydrogen) atoms. The van der Waals surface area contributed by atoms with Crippen molar-refractivity contribution in [1.29, 1.82) is 0 Å². The van der Waals surface area contributed by atoms with Gasteiger partial charge in [-0.1, -0.05) is 0 Å². The summed E-state index contributed by atoms with van der Waals surface area (Å²) < 4.78 is 26.2. The Morgan fingerprint density at radius 1 is 1.06 bits per heavy atom. The number of hydrogen-bond donors (Lipinski definition) is 0. The fourth-order valence-corrected chi connectivity index (χ4v) is 1.05. The largest absolute Gasteiger partial charge is 0.464 e. The predicted octanol–water partition coefficient (Wildman–Crippen LogP) is 2.30. The Morgan fingerprint density at radius 2 is 1.62 bits per heavy atom. The molecule has 1 aromatic heterocycles. The number of ether oxygens (including phenoxy) is 4. The molecule has 1 heterocycles. The van der Waals surface area contributed by atoms with Crippen LogP contribution in [-0.2, 0) is 18.9 Å². The third-order valence-corrected chi connectivity index (χ3v) is 2.07. The first kappa shape index (κ1) is 13.2. The molecule has 0 aliphatic rings. The first-order valence-corrected chi connectivity index (χ1v) is 5.07. The SMILES string of the molecule is COC(C)OC(OC(C)OC)c1ccco1. The minimum atomic E-state index is -0.639. The van der Waals surface area contributed by atoms with E-state index in [0.29, 0.717) is 5.76 Å². The Morgan fingerprint density at radius 3 is 2.00 bits per heavy atom. The molecule has 5 nitrogen and oxygen atoms in total. The van der Waals surface area contributed by atoms with Crippen LogP contribution >= 0.6 is 0 Å². The number of hydrogen-bond acceptors (Lipinski definition) is 5. The molecule has 0 aliphatic heterocycles. The highest BCUT2D eigenvalue weighted by atomic mass is 16.8. The molecule has 0 radical (unpaired) electrons. The fraction of sp³-hybridized carbons (Fsp3) is 0.636. The maximum absolute atomic E-state index is 5.50. The van der Waals surface area contributed by atoms with E-state index in [-0.39, 0.29) is 12.6 Å². The van der Waals surface area contributed by atoms with Crippen LogP contribution in [-0.4, -0.2) is 26.8 Å². The van der Waals surface area contributed by atoms with Gasteiger partial charge < -0.3 is 23.4 Å². The van der Waals surface area contributed by atoms with Crippen molar-refractivity contribution in [2.24, 2.45) is 0 Å². The van der Waals surface area contributed by atoms with Gasteiger partial charge >= 0.3 is 0 Å². The Hall–Kier alpha value is -0.880. The Labute approximate surface area is 95.2 Å². The van der Waals surface area contributed by atoms with Crippen LogP contribution in [0.15, 0.2) is 22.8 Å². The van der Waals surface area contributed by atoms with E-state index in [0.717, 1.165) is 0 Å². The third kappa shape index (κ3) is 3.94. The lowest BCUT2D eigenvalue weighted by atomic mass is 10.4. The molecule has 0 amide bonds. The van der Waals surface area contributed by atoms with Crippen LogP contribution in [0, 0.1) is 0 Å². The molecule has 2 unspecified atom stereocenters. The predicted molar refractivity (Wildman–Crippen MR) is 56.6 cm³/mol. The molecule has 2 atom stereocenters. The summed E-state index contributed by atoms with van der Waals surface area (Å²) in [4.78, 5) is 0. The fourth-order valence-electron chi connectivity index (χ4n) is 1.05. The molecule has 0 N–H and O–H groups in total. The van der Waals surface area contributed by atoms with Crippen LogP contribution in [0.1, 0.15) is 25.9 Å². The summed E-state index contributed by atoms with van der Waals surface area (Å²) in [6.45, 7) is 3.55. The average molecular weight is 230 g/mol. The molecule has 1 rings (SSSR count). The first-order valence-electron chi connectivity index (χ1n) is 5.07. The number of furan rings is 1. The Kier molecular flexibility index (Phi) is 5.48. The third-order valence-electron chi connectivity index (χ3n) is 2.07. The highest BCUT2D eigenvalue weighted by molar-refractivity contribution is 4.99. The molecular weight excluding hydrogens is 212 g/mol. The monoisotopic (exact) mass is 230 g/mol. The number of rotatable bonds is 7. The quantitative estimate of drug-likeness (QED) is 0.673. The maximum Gasteiger partial charge on any atom is 0.221 e. The van der Waals surface area contributed by atoms with Gasteiger partial charge in [0, 0.05) is 14.2 Å². The van der Waals surface area contributed by atoms with Crippen molar-refractivity contribution >= 4 is 0 Å². The van der Waals surface area contributed by atoms with Crippen LogP contribution in [0.2, 0.25) is 0 Å². The van der Waals surface area contributed by atoms with Gasteiger partial charge in [0.25, 0.3) is 0 Å². The van der Waals surface area contributed by atoms with Crippen LogP contribution in [0.3, 0.4) is 0 Å². The van der Waals surface area contributed by atoms with Crippen molar-refractivity contribution in [3.05, 3.63) is 24.2 Å². The van der Waals surface area contributed by atoms with Gasteiger partial charge in [-0.15, -0.1) is 0 Å². The summed E-state index contributed by atoms with van der Waals surface area (Å²) in [7, 11) is 3.12. The summed E-state index contributed by atoms with van der Waals surface area (Å²) >= 11 is 0. The van der Waals surface area contributed by atoms with E-state index in [1.54, 1.807) is 46.5 Å². The van der Waals surface area contributed by atoms with E-state index in [9.17, 15) is 0 Å². The Balaban J connectivity index is 2.62. The second kappa shape index (κ2) is 6.65. The number of methoxy groups -OCH3 is 2. The normalized spacial score (nSPS) is 17.0. The summed E-state index contributed by atoms with van der Waals surface area (Å²) in [5.41, 5.74) is 0. The van der Waals surface area contributed by atoms with E-state index < -0.39 is 6.29 Å². The molecular formula is C11H18O5. The molecule has 92 valence electrons. The van der Waals surface area contributed by atoms with Gasteiger partial charge in [0.15, 0.2) is 18.3 Å². The van der Waals surface area contributed by atoms with Gasteiger partial charge in [0.2, 0.25) is 6.29 Å². The molecule has 1 aromatic rings. The minimum absolute atomic E-state index is 0.390. The van der Waals surface area contributed by atoms with Crippen molar-refractivity contribution in [2.45, 2.75) is 32.7 Å². The molecule has 0 saturated heterocycles. The standard InChI is InChI=1S/C11H18O5/c1-8(12-3)15-11(16-9(2)13-4)10-6-5-7-14-10/h5-9,11H,1-4H3. The highest BCUT2D eigenvalue weighted by Gasteiger charge is 2.21. The van der Waals surface area contributed by atoms with Crippen LogP contribution < -0.4 is 0 Å². The molecule has 0 spiro atoms. The van der Waals surface area contributed by atoms with Gasteiger partial charge in [-0.25, -0.2) is 0 Å². The van der Waals surface area contributed by atoms with Crippen molar-refractivity contribution in [3.8, 4) is 0 Å². The molecule has 0 aromatic carbocycles. The van der Waals surface area contributed by atoms with Gasteiger partial charge in [-0.3, -0.25) is 0 Å². The summed E-state index contributed by atoms with van der Waals surface area (Å²) in [5.74, 6) is 0.577. The van der Waals surface area contributed by atoms with Gasteiger partial charge in [-0.2, -0.15) is 0 Å². The van der Waals surface area contributed by atoms with E-state index >= 15 is 0 Å². The van der Waals surface area contributed by atoms with Crippen LogP contribution in [0.25, 0.3) is 0 Å². The lowest BCUT2D eigenvalue weighted by molar-refractivity contribution is -0.287. The zero-order chi connectivity index (χ0) is 12.0. The zero-order valence-corrected chi connectivity index (χ0v) is 10.0. The van der Waals surface area contributed by atoms with Gasteiger partial charge in [0.1, 0.15) is 0 Å². The smallest absolute Gasteiger partial charge is 0.221 e. The van der Waals surface area contributed by atoms with E-state index in [4.69, 9.17) is 23.4 Å². The van der Waals surface area contributed by atoms with Gasteiger partial charge in [0.05, 0.1) is 6.26 Å². The zero-order valence-electron chi connectivity index (χ0n) is 10.0. The molecule has 0 fully saturated rings. The summed E-state index contributed by atoms with van der Waals surface area (Å²) in [6.07, 6.45) is 0.141. The molecule has 0 aliphatic carbocycles. The second-order valence-electron chi connectivity index (χ2n) is 3.23. The van der Waals surface area contributed by atoms with Crippen LogP contribution in [0.5, 0.6) is 0 Å². The topological polar surface area (TPSA) is 50.1 Å². The van der Waals surface area contributed by atoms with Gasteiger partial charge in [-0.05, 0) is 26.0 Å². The average Bonchev–Trinajstić information content (AvgIpc) is 2.81. The van der Waals surface area contributed by atoms with E-state index in [1.807, 2.05) is 0 Å². The summed E-state index contributed by atoms with van der Waals surface area (Å²) in [6, 6.07) is 3.54. The van der Waals surface area contributed by atoms with Crippen molar-refractivity contribution in [2.75, 3.05) is 14.2 Å². The second-order valence-corrected chi connectivity index (χ2v) is 3.23. The maximum atomic E-state index is 5.50. The first-order chi connectivity index (χ1) is 7.67. The van der Waals surface area contributed by atoms with E-state index in [1.165, 1.54) is 0 Å².